The van der Waals surface area contributed by atoms with Crippen LogP contribution < -0.4 is 21.0 Å². The number of aromatic nitrogens is 1. The van der Waals surface area contributed by atoms with Crippen molar-refractivity contribution in [1.82, 2.24) is 10.5 Å². The van der Waals surface area contributed by atoms with Gasteiger partial charge in [0.25, 0.3) is 0 Å². The lowest BCUT2D eigenvalue weighted by Crippen LogP contribution is -2.70. The first kappa shape index (κ1) is 18.9. The van der Waals surface area contributed by atoms with Gasteiger partial charge in [0, 0.05) is 6.20 Å². The van der Waals surface area contributed by atoms with Gasteiger partial charge in [0.05, 0.1) is 11.4 Å². The molecular formula is C25H22N2OSi. The van der Waals surface area contributed by atoms with E-state index in [0.29, 0.717) is 5.70 Å². The van der Waals surface area contributed by atoms with Crippen molar-refractivity contribution in [3.05, 3.63) is 128 Å². The Hall–Kier alpha value is -3.47. The third-order valence-electron chi connectivity index (χ3n) is 4.84. The SMILES string of the molecule is C=C(NO[Si](c1ccccc1)(c1ccccc1)c1ccccc1)c1ccccn1. The summed E-state index contributed by atoms with van der Waals surface area (Å²) in [7, 11) is -2.82. The molecule has 4 heteroatoms. The van der Waals surface area contributed by atoms with E-state index in [4.69, 9.17) is 4.53 Å². The molecule has 0 aliphatic heterocycles. The Morgan fingerprint density at radius 1 is 0.655 bits per heavy atom. The number of nitrogens with one attached hydrogen (secondary N) is 1. The van der Waals surface area contributed by atoms with Crippen LogP contribution in [0.1, 0.15) is 5.69 Å². The van der Waals surface area contributed by atoms with Gasteiger partial charge in [-0.25, -0.2) is 0 Å². The van der Waals surface area contributed by atoms with Crippen LogP contribution in [0.2, 0.25) is 0 Å². The molecule has 0 aliphatic rings. The van der Waals surface area contributed by atoms with Crippen LogP contribution in [0.15, 0.2) is 122 Å². The fraction of sp³-hybridized carbons (Fsp3) is 0. The number of hydrogen-bond donors (Lipinski definition) is 1. The van der Waals surface area contributed by atoms with Gasteiger partial charge in [-0.05, 0) is 27.7 Å². The molecule has 3 aromatic carbocycles. The summed E-state index contributed by atoms with van der Waals surface area (Å²) in [4.78, 5) is 4.37. The molecule has 0 atom stereocenters. The van der Waals surface area contributed by atoms with Crippen molar-refractivity contribution in [2.75, 3.05) is 0 Å². The zero-order valence-corrected chi connectivity index (χ0v) is 17.0. The zero-order chi connectivity index (χ0) is 19.9. The molecular weight excluding hydrogens is 372 g/mol. The molecule has 0 unspecified atom stereocenters. The molecule has 0 bridgehead atoms. The van der Waals surface area contributed by atoms with E-state index in [1.54, 1.807) is 6.20 Å². The van der Waals surface area contributed by atoms with Crippen LogP contribution in [0.25, 0.3) is 5.70 Å². The molecule has 0 radical (unpaired) electrons. The summed E-state index contributed by atoms with van der Waals surface area (Å²) in [5.74, 6) is 0. The molecule has 0 saturated heterocycles. The standard InChI is InChI=1S/C25H22N2OSi/c1-21(25-19-11-12-20-26-25)27-28-29(22-13-5-2-6-14-22,23-15-7-3-8-16-23)24-17-9-4-10-18-24/h2-20,27H,1H2. The smallest absolute Gasteiger partial charge is 0.305 e. The minimum absolute atomic E-state index is 0.630. The first-order chi connectivity index (χ1) is 14.3. The van der Waals surface area contributed by atoms with Crippen molar-refractivity contribution in [3.63, 3.8) is 0 Å². The summed E-state index contributed by atoms with van der Waals surface area (Å²) in [5, 5.41) is 3.45. The lowest BCUT2D eigenvalue weighted by molar-refractivity contribution is 0.256. The number of hydrogen-bond acceptors (Lipinski definition) is 3. The predicted octanol–water partition coefficient (Wildman–Crippen LogP) is 3.24. The van der Waals surface area contributed by atoms with E-state index in [1.807, 2.05) is 36.4 Å². The molecule has 1 aromatic heterocycles. The monoisotopic (exact) mass is 394 g/mol. The Labute approximate surface area is 172 Å². The molecule has 4 aromatic rings. The summed E-state index contributed by atoms with van der Waals surface area (Å²) in [6, 6.07) is 37.0. The number of nitrogens with zero attached hydrogens (tertiary/aromatic N) is 1. The van der Waals surface area contributed by atoms with E-state index in [1.165, 1.54) is 0 Å². The minimum atomic E-state index is -2.82. The van der Waals surface area contributed by atoms with Gasteiger partial charge in [-0.2, -0.15) is 0 Å². The summed E-state index contributed by atoms with van der Waals surface area (Å²) < 4.78 is 6.65. The van der Waals surface area contributed by atoms with Gasteiger partial charge in [-0.3, -0.25) is 10.5 Å². The lowest BCUT2D eigenvalue weighted by atomic mass is 10.3. The van der Waals surface area contributed by atoms with Crippen molar-refractivity contribution in [2.45, 2.75) is 0 Å². The Morgan fingerprint density at radius 2 is 1.10 bits per heavy atom. The van der Waals surface area contributed by atoms with Crippen LogP contribution in [0.3, 0.4) is 0 Å². The fourth-order valence-electron chi connectivity index (χ4n) is 3.43. The molecule has 142 valence electrons. The number of hydroxylamine groups is 1. The second kappa shape index (κ2) is 8.69. The van der Waals surface area contributed by atoms with Crippen LogP contribution in [0, 0.1) is 0 Å². The highest BCUT2D eigenvalue weighted by Crippen LogP contribution is 2.11. The van der Waals surface area contributed by atoms with Crippen LogP contribution in [-0.4, -0.2) is 13.3 Å². The highest BCUT2D eigenvalue weighted by Gasteiger charge is 2.43. The van der Waals surface area contributed by atoms with Crippen molar-refractivity contribution in [1.29, 1.82) is 0 Å². The fourth-order valence-corrected chi connectivity index (χ4v) is 7.04. The summed E-state index contributed by atoms with van der Waals surface area (Å²) in [6.45, 7) is 4.13. The second-order valence-corrected chi connectivity index (χ2v) is 9.98. The largest absolute Gasteiger partial charge is 0.321 e. The van der Waals surface area contributed by atoms with Crippen molar-refractivity contribution in [2.24, 2.45) is 0 Å². The van der Waals surface area contributed by atoms with E-state index >= 15 is 0 Å². The van der Waals surface area contributed by atoms with E-state index in [9.17, 15) is 0 Å². The average Bonchev–Trinajstić information content (AvgIpc) is 2.82. The first-order valence-corrected chi connectivity index (χ1v) is 11.4. The lowest BCUT2D eigenvalue weighted by Gasteiger charge is -2.32. The van der Waals surface area contributed by atoms with Crippen molar-refractivity contribution < 1.29 is 4.53 Å². The minimum Gasteiger partial charge on any atom is -0.305 e. The van der Waals surface area contributed by atoms with Crippen LogP contribution in [-0.2, 0) is 4.53 Å². The van der Waals surface area contributed by atoms with Gasteiger partial charge in [-0.1, -0.05) is 104 Å². The maximum Gasteiger partial charge on any atom is 0.321 e. The maximum absolute atomic E-state index is 6.65. The highest BCUT2D eigenvalue weighted by molar-refractivity contribution is 7.07. The number of benzene rings is 3. The number of rotatable bonds is 7. The molecule has 0 saturated carbocycles. The molecule has 1 N–H and O–H groups in total. The average molecular weight is 395 g/mol. The quantitative estimate of drug-likeness (QED) is 0.297. The van der Waals surface area contributed by atoms with Crippen LogP contribution >= 0.6 is 0 Å². The molecule has 4 rings (SSSR count). The van der Waals surface area contributed by atoms with Crippen LogP contribution in [0.5, 0.6) is 0 Å². The van der Waals surface area contributed by atoms with Gasteiger partial charge in [0.2, 0.25) is 0 Å². The van der Waals surface area contributed by atoms with E-state index < -0.39 is 8.32 Å². The molecule has 0 amide bonds. The Morgan fingerprint density at radius 3 is 1.52 bits per heavy atom. The third kappa shape index (κ3) is 3.90. The summed E-state index contributed by atoms with van der Waals surface area (Å²) >= 11 is 0. The first-order valence-electron chi connectivity index (χ1n) is 9.51. The Balaban J connectivity index is 1.83. The maximum atomic E-state index is 6.65. The van der Waals surface area contributed by atoms with Crippen LogP contribution in [0.4, 0.5) is 0 Å². The van der Waals surface area contributed by atoms with Crippen molar-refractivity contribution in [3.8, 4) is 0 Å². The molecule has 0 fully saturated rings. The number of pyridine rings is 1. The summed E-state index contributed by atoms with van der Waals surface area (Å²) in [6.07, 6.45) is 1.75. The van der Waals surface area contributed by atoms with Crippen molar-refractivity contribution >= 4 is 29.6 Å². The van der Waals surface area contributed by atoms with E-state index in [-0.39, 0.29) is 0 Å². The van der Waals surface area contributed by atoms with Gasteiger partial charge in [0.15, 0.2) is 0 Å². The Kier molecular flexibility index (Phi) is 5.65. The Bertz CT molecular complexity index is 958. The molecule has 1 heterocycles. The molecule has 0 aliphatic carbocycles. The third-order valence-corrected chi connectivity index (χ3v) is 8.69. The van der Waals surface area contributed by atoms with E-state index in [2.05, 4.69) is 89.8 Å². The predicted molar refractivity (Wildman–Crippen MR) is 121 cm³/mol. The molecule has 0 spiro atoms. The van der Waals surface area contributed by atoms with Gasteiger partial charge >= 0.3 is 8.32 Å². The topological polar surface area (TPSA) is 34.1 Å². The molecule has 29 heavy (non-hydrogen) atoms. The molecule has 3 nitrogen and oxygen atoms in total. The zero-order valence-electron chi connectivity index (χ0n) is 16.0. The van der Waals surface area contributed by atoms with Gasteiger partial charge in [-0.15, -0.1) is 0 Å². The van der Waals surface area contributed by atoms with E-state index in [0.717, 1.165) is 21.3 Å². The summed E-state index contributed by atoms with van der Waals surface area (Å²) in [5.41, 5.74) is 4.52. The van der Waals surface area contributed by atoms with Gasteiger partial charge < -0.3 is 4.53 Å². The highest BCUT2D eigenvalue weighted by atomic mass is 28.4. The normalized spacial score (nSPS) is 11.0. The second-order valence-electron chi connectivity index (χ2n) is 6.68. The van der Waals surface area contributed by atoms with Gasteiger partial charge in [0.1, 0.15) is 0 Å².